The van der Waals surface area contributed by atoms with Gasteiger partial charge in [0, 0.05) is 29.9 Å². The molecule has 0 aliphatic carbocycles. The van der Waals surface area contributed by atoms with E-state index in [0.717, 1.165) is 10.8 Å². The monoisotopic (exact) mass is 348 g/mol. The van der Waals surface area contributed by atoms with E-state index in [2.05, 4.69) is 15.6 Å². The zero-order chi connectivity index (χ0) is 18.0. The van der Waals surface area contributed by atoms with Crippen LogP contribution in [0.1, 0.15) is 18.0 Å². The Kier molecular flexibility index (Phi) is 4.59. The lowest BCUT2D eigenvalue weighted by atomic mass is 10.0. The highest BCUT2D eigenvalue weighted by molar-refractivity contribution is 5.87. The summed E-state index contributed by atoms with van der Waals surface area (Å²) >= 11 is 0. The van der Waals surface area contributed by atoms with Gasteiger partial charge in [-0.05, 0) is 11.8 Å². The first-order valence-electron chi connectivity index (χ1n) is 7.73. The summed E-state index contributed by atoms with van der Waals surface area (Å²) in [6, 6.07) is 7.29. The molecule has 1 saturated heterocycles. The van der Waals surface area contributed by atoms with Crippen molar-refractivity contribution in [2.75, 3.05) is 6.54 Å². The van der Waals surface area contributed by atoms with E-state index in [1.54, 1.807) is 18.3 Å². The van der Waals surface area contributed by atoms with Gasteiger partial charge < -0.3 is 10.6 Å². The van der Waals surface area contributed by atoms with Gasteiger partial charge in [0.2, 0.25) is 5.91 Å². The van der Waals surface area contributed by atoms with Gasteiger partial charge in [-0.15, -0.1) is 0 Å². The second kappa shape index (κ2) is 6.69. The topological polar surface area (TPSA) is 77.8 Å². The van der Waals surface area contributed by atoms with Gasteiger partial charge >= 0.3 is 6.18 Å². The molecule has 1 aromatic heterocycles. The summed E-state index contributed by atoms with van der Waals surface area (Å²) in [6.45, 7) is -0.297. The first-order valence-corrected chi connectivity index (χ1v) is 7.73. The van der Waals surface area contributed by atoms with Gasteiger partial charge in [-0.2, -0.15) is 18.4 Å². The molecule has 1 aliphatic rings. The van der Waals surface area contributed by atoms with E-state index < -0.39 is 30.1 Å². The van der Waals surface area contributed by atoms with Crippen molar-refractivity contribution >= 4 is 16.7 Å². The molecule has 0 spiro atoms. The number of aromatic nitrogens is 1. The van der Waals surface area contributed by atoms with Crippen LogP contribution >= 0.6 is 0 Å². The number of benzene rings is 1. The van der Waals surface area contributed by atoms with Gasteiger partial charge in [-0.25, -0.2) is 0 Å². The van der Waals surface area contributed by atoms with Crippen LogP contribution in [0, 0.1) is 17.2 Å². The highest BCUT2D eigenvalue weighted by Crippen LogP contribution is 2.32. The minimum atomic E-state index is -4.34. The molecule has 2 heterocycles. The SMILES string of the molecule is N#CC(NC(=O)[C@@H]1C[C@@H](C(F)(F)F)CN1)c1cncc2ccccc12. The number of nitrogens with zero attached hydrogens (tertiary/aromatic N) is 2. The molecular formula is C17H15F3N4O. The maximum Gasteiger partial charge on any atom is 0.393 e. The second-order valence-corrected chi connectivity index (χ2v) is 5.96. The van der Waals surface area contributed by atoms with Crippen LogP contribution in [0.4, 0.5) is 13.2 Å². The molecule has 2 aromatic rings. The number of halogens is 3. The van der Waals surface area contributed by atoms with Gasteiger partial charge in [-0.1, -0.05) is 24.3 Å². The molecule has 1 fully saturated rings. The van der Waals surface area contributed by atoms with Gasteiger partial charge in [0.1, 0.15) is 6.04 Å². The molecule has 8 heteroatoms. The fourth-order valence-electron chi connectivity index (χ4n) is 2.98. The zero-order valence-electron chi connectivity index (χ0n) is 13.0. The van der Waals surface area contributed by atoms with Crippen LogP contribution in [0.25, 0.3) is 10.8 Å². The number of nitriles is 1. The van der Waals surface area contributed by atoms with Gasteiger partial charge in [0.25, 0.3) is 0 Å². The number of hydrogen-bond acceptors (Lipinski definition) is 4. The number of carbonyl (C=O) groups excluding carboxylic acids is 1. The standard InChI is InChI=1S/C17H15F3N4O/c18-17(19,20)11-5-14(23-8-11)16(25)24-15(6-21)13-9-22-7-10-3-1-2-4-12(10)13/h1-4,7,9,11,14-15,23H,5,8H2,(H,24,25)/t11-,14+,15?/m1/s1. The summed E-state index contributed by atoms with van der Waals surface area (Å²) in [5, 5.41) is 16.1. The number of nitrogens with one attached hydrogen (secondary N) is 2. The fourth-order valence-corrected chi connectivity index (χ4v) is 2.98. The van der Waals surface area contributed by atoms with Crippen molar-refractivity contribution in [1.82, 2.24) is 15.6 Å². The normalized spacial score (nSPS) is 21.7. The van der Waals surface area contributed by atoms with Crippen molar-refractivity contribution in [3.63, 3.8) is 0 Å². The van der Waals surface area contributed by atoms with E-state index in [9.17, 15) is 23.2 Å². The Bertz CT molecular complexity index is 825. The van der Waals surface area contributed by atoms with E-state index in [1.165, 1.54) is 6.20 Å². The average Bonchev–Trinajstić information content (AvgIpc) is 3.10. The third-order valence-corrected chi connectivity index (χ3v) is 4.34. The maximum absolute atomic E-state index is 12.7. The predicted molar refractivity (Wildman–Crippen MR) is 84.2 cm³/mol. The van der Waals surface area contributed by atoms with Gasteiger partial charge in [0.15, 0.2) is 0 Å². The number of carbonyl (C=O) groups is 1. The third-order valence-electron chi connectivity index (χ3n) is 4.34. The Morgan fingerprint density at radius 2 is 2.12 bits per heavy atom. The molecule has 1 aromatic carbocycles. The number of hydrogen-bond donors (Lipinski definition) is 2. The van der Waals surface area contributed by atoms with E-state index in [1.807, 2.05) is 18.2 Å². The lowest BCUT2D eigenvalue weighted by Gasteiger charge is -2.17. The van der Waals surface area contributed by atoms with E-state index in [0.29, 0.717) is 5.56 Å². The summed E-state index contributed by atoms with van der Waals surface area (Å²) in [6.07, 6.45) is -1.55. The first kappa shape index (κ1) is 17.2. The average molecular weight is 348 g/mol. The summed E-state index contributed by atoms with van der Waals surface area (Å²) < 4.78 is 38.2. The number of pyridine rings is 1. The lowest BCUT2D eigenvalue weighted by molar-refractivity contribution is -0.169. The Labute approximate surface area is 141 Å². The van der Waals surface area contributed by atoms with Crippen molar-refractivity contribution < 1.29 is 18.0 Å². The fraction of sp³-hybridized carbons (Fsp3) is 0.353. The van der Waals surface area contributed by atoms with Gasteiger partial charge in [0.05, 0.1) is 18.0 Å². The predicted octanol–water partition coefficient (Wildman–Crippen LogP) is 2.46. The van der Waals surface area contributed by atoms with Crippen molar-refractivity contribution in [3.05, 3.63) is 42.2 Å². The van der Waals surface area contributed by atoms with Crippen LogP contribution in [0.15, 0.2) is 36.7 Å². The molecule has 0 radical (unpaired) electrons. The smallest absolute Gasteiger partial charge is 0.335 e. The molecule has 3 atom stereocenters. The van der Waals surface area contributed by atoms with E-state index in [-0.39, 0.29) is 13.0 Å². The number of alkyl halides is 3. The molecule has 1 unspecified atom stereocenters. The van der Waals surface area contributed by atoms with Crippen LogP contribution in [0.3, 0.4) is 0 Å². The van der Waals surface area contributed by atoms with E-state index >= 15 is 0 Å². The summed E-state index contributed by atoms with van der Waals surface area (Å²) in [5.74, 6) is -2.17. The Balaban J connectivity index is 1.77. The third kappa shape index (κ3) is 3.56. The minimum Gasteiger partial charge on any atom is -0.335 e. The Hall–Kier alpha value is -2.66. The first-order chi connectivity index (χ1) is 11.9. The molecule has 2 N–H and O–H groups in total. The molecule has 1 amide bonds. The minimum absolute atomic E-state index is 0.297. The maximum atomic E-state index is 12.7. The van der Waals surface area contributed by atoms with Crippen LogP contribution in [0.5, 0.6) is 0 Å². The second-order valence-electron chi connectivity index (χ2n) is 5.96. The van der Waals surface area contributed by atoms with Crippen molar-refractivity contribution in [2.45, 2.75) is 24.7 Å². The molecule has 0 saturated carbocycles. The number of rotatable bonds is 3. The van der Waals surface area contributed by atoms with Crippen molar-refractivity contribution in [3.8, 4) is 6.07 Å². The summed E-state index contributed by atoms with van der Waals surface area (Å²) in [4.78, 5) is 16.3. The quantitative estimate of drug-likeness (QED) is 0.893. The molecule has 1 aliphatic heterocycles. The lowest BCUT2D eigenvalue weighted by Crippen LogP contribution is -2.41. The Morgan fingerprint density at radius 1 is 1.36 bits per heavy atom. The highest BCUT2D eigenvalue weighted by Gasteiger charge is 2.45. The van der Waals surface area contributed by atoms with Crippen LogP contribution in [0.2, 0.25) is 0 Å². The summed E-state index contributed by atoms with van der Waals surface area (Å²) in [7, 11) is 0. The van der Waals surface area contributed by atoms with Crippen molar-refractivity contribution in [2.24, 2.45) is 5.92 Å². The number of amides is 1. The molecular weight excluding hydrogens is 333 g/mol. The molecule has 5 nitrogen and oxygen atoms in total. The molecule has 0 bridgehead atoms. The van der Waals surface area contributed by atoms with Crippen molar-refractivity contribution in [1.29, 1.82) is 5.26 Å². The zero-order valence-corrected chi connectivity index (χ0v) is 13.0. The molecule has 130 valence electrons. The summed E-state index contributed by atoms with van der Waals surface area (Å²) in [5.41, 5.74) is 0.513. The molecule has 25 heavy (non-hydrogen) atoms. The van der Waals surface area contributed by atoms with Crippen LogP contribution in [-0.2, 0) is 4.79 Å². The molecule has 3 rings (SSSR count). The Morgan fingerprint density at radius 3 is 2.80 bits per heavy atom. The van der Waals surface area contributed by atoms with Crippen LogP contribution < -0.4 is 10.6 Å². The number of fused-ring (bicyclic) bond motifs is 1. The largest absolute Gasteiger partial charge is 0.393 e. The van der Waals surface area contributed by atoms with Gasteiger partial charge in [-0.3, -0.25) is 9.78 Å². The highest BCUT2D eigenvalue weighted by atomic mass is 19.4. The van der Waals surface area contributed by atoms with E-state index in [4.69, 9.17) is 0 Å². The van der Waals surface area contributed by atoms with Crippen LogP contribution in [-0.4, -0.2) is 29.7 Å².